The Hall–Kier alpha value is -1.84. The fourth-order valence-electron chi connectivity index (χ4n) is 2.04. The molecule has 1 N–H and O–H groups in total. The second-order valence-corrected chi connectivity index (χ2v) is 5.25. The number of nitrogens with one attached hydrogen (secondary N) is 1. The van der Waals surface area contributed by atoms with Gasteiger partial charge in [0.15, 0.2) is 5.82 Å². The van der Waals surface area contributed by atoms with E-state index >= 15 is 0 Å². The number of anilines is 2. The minimum absolute atomic E-state index is 0.501. The van der Waals surface area contributed by atoms with Crippen molar-refractivity contribution in [2.75, 3.05) is 5.32 Å². The predicted octanol–water partition coefficient (Wildman–Crippen LogP) is 4.99. The number of rotatable bonds is 2. The molecule has 5 heteroatoms. The van der Waals surface area contributed by atoms with Crippen molar-refractivity contribution in [3.8, 4) is 0 Å². The molecule has 0 aliphatic heterocycles. The van der Waals surface area contributed by atoms with Gasteiger partial charge >= 0.3 is 0 Å². The maximum absolute atomic E-state index is 6.02. The van der Waals surface area contributed by atoms with E-state index in [1.807, 2.05) is 37.3 Å². The van der Waals surface area contributed by atoms with Crippen LogP contribution in [0.5, 0.6) is 0 Å². The maximum Gasteiger partial charge on any atom is 0.160 e. The summed E-state index contributed by atoms with van der Waals surface area (Å²) in [4.78, 5) is 0. The Morgan fingerprint density at radius 2 is 1.65 bits per heavy atom. The topological polar surface area (TPSA) is 37.8 Å². The molecule has 3 nitrogen and oxygen atoms in total. The van der Waals surface area contributed by atoms with Crippen LogP contribution < -0.4 is 5.32 Å². The molecular weight excluding hydrogens is 293 g/mol. The molecule has 0 aliphatic carbocycles. The van der Waals surface area contributed by atoms with Crippen molar-refractivity contribution < 1.29 is 0 Å². The van der Waals surface area contributed by atoms with Gasteiger partial charge in [0, 0.05) is 16.5 Å². The van der Waals surface area contributed by atoms with Crippen LogP contribution in [0.15, 0.2) is 42.5 Å². The van der Waals surface area contributed by atoms with Gasteiger partial charge in [0.25, 0.3) is 0 Å². The van der Waals surface area contributed by atoms with Crippen molar-refractivity contribution in [3.63, 3.8) is 0 Å². The molecule has 0 amide bonds. The summed E-state index contributed by atoms with van der Waals surface area (Å²) < 4.78 is 0. The summed E-state index contributed by atoms with van der Waals surface area (Å²) in [5.41, 5.74) is 1.72. The Morgan fingerprint density at radius 1 is 0.900 bits per heavy atom. The Labute approximate surface area is 126 Å². The van der Waals surface area contributed by atoms with Gasteiger partial charge < -0.3 is 5.32 Å². The van der Waals surface area contributed by atoms with E-state index in [2.05, 4.69) is 15.5 Å². The minimum atomic E-state index is 0.501. The van der Waals surface area contributed by atoms with Gasteiger partial charge in [0.05, 0.1) is 15.7 Å². The minimum Gasteiger partial charge on any atom is -0.338 e. The van der Waals surface area contributed by atoms with Gasteiger partial charge in [-0.1, -0.05) is 47.5 Å². The van der Waals surface area contributed by atoms with Crippen LogP contribution in [-0.2, 0) is 0 Å². The van der Waals surface area contributed by atoms with E-state index in [1.165, 1.54) is 0 Å². The molecule has 3 rings (SSSR count). The van der Waals surface area contributed by atoms with Crippen molar-refractivity contribution in [1.29, 1.82) is 0 Å². The van der Waals surface area contributed by atoms with E-state index < -0.39 is 0 Å². The molecular formula is C15H11Cl2N3. The second kappa shape index (κ2) is 5.27. The summed E-state index contributed by atoms with van der Waals surface area (Å²) in [6.45, 7) is 1.94. The van der Waals surface area contributed by atoms with Crippen LogP contribution in [0.25, 0.3) is 10.8 Å². The molecule has 3 aromatic rings. The van der Waals surface area contributed by atoms with Crippen LogP contribution in [0.2, 0.25) is 10.0 Å². The highest BCUT2D eigenvalue weighted by atomic mass is 35.5. The van der Waals surface area contributed by atoms with Gasteiger partial charge in [-0.3, -0.25) is 0 Å². The van der Waals surface area contributed by atoms with Gasteiger partial charge in [-0.25, -0.2) is 0 Å². The first-order valence-electron chi connectivity index (χ1n) is 6.09. The number of fused-ring (bicyclic) bond motifs is 1. The molecule has 1 heterocycles. The molecule has 1 aromatic heterocycles. The summed E-state index contributed by atoms with van der Waals surface area (Å²) in [5, 5.41) is 14.7. The monoisotopic (exact) mass is 303 g/mol. The lowest BCUT2D eigenvalue weighted by Crippen LogP contribution is -1.98. The van der Waals surface area contributed by atoms with Crippen molar-refractivity contribution in [3.05, 3.63) is 58.2 Å². The molecule has 0 fully saturated rings. The summed E-state index contributed by atoms with van der Waals surface area (Å²) in [7, 11) is 0. The van der Waals surface area contributed by atoms with E-state index in [9.17, 15) is 0 Å². The number of aryl methyl sites for hydroxylation is 1. The fraction of sp³-hybridized carbons (Fsp3) is 0.0667. The molecule has 2 aromatic carbocycles. The standard InChI is InChI=1S/C15H11Cl2N3/c1-9-11-4-2-3-5-12(11)15(20-19-9)18-10-6-7-13(16)14(17)8-10/h2-8H,1H3,(H,18,20). The fourth-order valence-corrected chi connectivity index (χ4v) is 2.34. The summed E-state index contributed by atoms with van der Waals surface area (Å²) in [5.74, 6) is 0.699. The zero-order valence-corrected chi connectivity index (χ0v) is 12.2. The molecule has 0 saturated heterocycles. The lowest BCUT2D eigenvalue weighted by molar-refractivity contribution is 1.01. The summed E-state index contributed by atoms with van der Waals surface area (Å²) >= 11 is 11.9. The first kappa shape index (κ1) is 13.2. The molecule has 0 bridgehead atoms. The highest BCUT2D eigenvalue weighted by molar-refractivity contribution is 6.42. The zero-order chi connectivity index (χ0) is 14.1. The van der Waals surface area contributed by atoms with E-state index in [0.29, 0.717) is 15.9 Å². The summed E-state index contributed by atoms with van der Waals surface area (Å²) in [6.07, 6.45) is 0. The van der Waals surface area contributed by atoms with E-state index in [1.54, 1.807) is 12.1 Å². The Morgan fingerprint density at radius 3 is 2.40 bits per heavy atom. The second-order valence-electron chi connectivity index (χ2n) is 4.43. The van der Waals surface area contributed by atoms with Crippen LogP contribution in [0.3, 0.4) is 0 Å². The quantitative estimate of drug-likeness (QED) is 0.725. The number of nitrogens with zero attached hydrogens (tertiary/aromatic N) is 2. The lowest BCUT2D eigenvalue weighted by atomic mass is 10.1. The van der Waals surface area contributed by atoms with Crippen LogP contribution in [0.1, 0.15) is 5.69 Å². The smallest absolute Gasteiger partial charge is 0.160 e. The third-order valence-corrected chi connectivity index (χ3v) is 3.79. The summed E-state index contributed by atoms with van der Waals surface area (Å²) in [6, 6.07) is 13.4. The lowest BCUT2D eigenvalue weighted by Gasteiger charge is -2.10. The van der Waals surface area contributed by atoms with Gasteiger partial charge in [0.1, 0.15) is 0 Å². The number of hydrogen-bond donors (Lipinski definition) is 1. The maximum atomic E-state index is 6.02. The van der Waals surface area contributed by atoms with E-state index in [4.69, 9.17) is 23.2 Å². The van der Waals surface area contributed by atoms with Crippen LogP contribution in [0, 0.1) is 6.92 Å². The molecule has 0 unspecified atom stereocenters. The van der Waals surface area contributed by atoms with Gasteiger partial charge in [-0.05, 0) is 25.1 Å². The van der Waals surface area contributed by atoms with Crippen LogP contribution >= 0.6 is 23.2 Å². The molecule has 0 atom stereocenters. The SMILES string of the molecule is Cc1nnc(Nc2ccc(Cl)c(Cl)c2)c2ccccc12. The highest BCUT2D eigenvalue weighted by Crippen LogP contribution is 2.29. The normalized spacial score (nSPS) is 10.8. The highest BCUT2D eigenvalue weighted by Gasteiger charge is 2.07. The molecule has 0 spiro atoms. The molecule has 100 valence electrons. The number of halogens is 2. The van der Waals surface area contributed by atoms with Gasteiger partial charge in [-0.2, -0.15) is 5.10 Å². The largest absolute Gasteiger partial charge is 0.338 e. The van der Waals surface area contributed by atoms with Crippen molar-refractivity contribution in [2.24, 2.45) is 0 Å². The van der Waals surface area contributed by atoms with Crippen molar-refractivity contribution in [1.82, 2.24) is 10.2 Å². The zero-order valence-electron chi connectivity index (χ0n) is 10.7. The predicted molar refractivity (Wildman–Crippen MR) is 84.0 cm³/mol. The molecule has 20 heavy (non-hydrogen) atoms. The van der Waals surface area contributed by atoms with Crippen molar-refractivity contribution in [2.45, 2.75) is 6.92 Å². The third-order valence-electron chi connectivity index (χ3n) is 3.05. The van der Waals surface area contributed by atoms with Crippen LogP contribution in [-0.4, -0.2) is 10.2 Å². The third kappa shape index (κ3) is 2.42. The molecule has 0 radical (unpaired) electrons. The average molecular weight is 304 g/mol. The number of aromatic nitrogens is 2. The average Bonchev–Trinajstić information content (AvgIpc) is 2.46. The Balaban J connectivity index is 2.06. The van der Waals surface area contributed by atoms with E-state index in [-0.39, 0.29) is 0 Å². The first-order chi connectivity index (χ1) is 9.65. The Kier molecular flexibility index (Phi) is 3.47. The number of benzene rings is 2. The van der Waals surface area contributed by atoms with Gasteiger partial charge in [0.2, 0.25) is 0 Å². The van der Waals surface area contributed by atoms with Crippen LogP contribution in [0.4, 0.5) is 11.5 Å². The van der Waals surface area contributed by atoms with E-state index in [0.717, 1.165) is 22.2 Å². The molecule has 0 aliphatic rings. The molecule has 0 saturated carbocycles. The first-order valence-corrected chi connectivity index (χ1v) is 6.85. The number of hydrogen-bond acceptors (Lipinski definition) is 3. The van der Waals surface area contributed by atoms with Gasteiger partial charge in [-0.15, -0.1) is 5.10 Å². The Bertz CT molecular complexity index is 787. The van der Waals surface area contributed by atoms with Crippen molar-refractivity contribution >= 4 is 45.5 Å².